The molecule has 1 aliphatic rings. The summed E-state index contributed by atoms with van der Waals surface area (Å²) < 4.78 is 0. The third-order valence-corrected chi connectivity index (χ3v) is 2.56. The van der Waals surface area contributed by atoms with Crippen LogP contribution in [-0.4, -0.2) is 37.2 Å². The highest BCUT2D eigenvalue weighted by atomic mass is 32.2. The van der Waals surface area contributed by atoms with E-state index in [0.717, 1.165) is 31.1 Å². The van der Waals surface area contributed by atoms with Crippen molar-refractivity contribution in [2.24, 2.45) is 0 Å². The molecule has 0 aliphatic carbocycles. The molecule has 13 heavy (non-hydrogen) atoms. The van der Waals surface area contributed by atoms with Crippen LogP contribution in [0, 0.1) is 23.2 Å². The van der Waals surface area contributed by atoms with Crippen LogP contribution in [0.1, 0.15) is 0 Å². The number of nitriles is 1. The Bertz CT molecular complexity index is 235. The molecule has 0 saturated heterocycles. The zero-order chi connectivity index (χ0) is 9.36. The molecule has 3 nitrogen and oxygen atoms in total. The molecule has 0 aromatic rings. The number of thioether (sulfide) groups is 1. The van der Waals surface area contributed by atoms with Gasteiger partial charge in [0.25, 0.3) is 0 Å². The molecule has 0 amide bonds. The van der Waals surface area contributed by atoms with Gasteiger partial charge in [0.1, 0.15) is 6.04 Å². The lowest BCUT2D eigenvalue weighted by Crippen LogP contribution is -2.35. The van der Waals surface area contributed by atoms with Crippen molar-refractivity contribution in [1.82, 2.24) is 10.6 Å². The molecular weight excluding hydrogens is 182 g/mol. The number of nitrogens with one attached hydrogen (secondary N) is 2. The van der Waals surface area contributed by atoms with E-state index in [1.165, 1.54) is 0 Å². The quantitative estimate of drug-likeness (QED) is 0.526. The molecule has 0 bridgehead atoms. The average molecular weight is 195 g/mol. The van der Waals surface area contributed by atoms with E-state index < -0.39 is 0 Å². The summed E-state index contributed by atoms with van der Waals surface area (Å²) in [6, 6.07) is 2.20. The first-order chi connectivity index (χ1) is 6.43. The minimum absolute atomic E-state index is 0.0355. The zero-order valence-corrected chi connectivity index (χ0v) is 8.28. The molecule has 4 heteroatoms. The largest absolute Gasteiger partial charge is 0.305 e. The van der Waals surface area contributed by atoms with E-state index in [4.69, 9.17) is 5.26 Å². The fourth-order valence-corrected chi connectivity index (χ4v) is 1.72. The summed E-state index contributed by atoms with van der Waals surface area (Å²) in [6.07, 6.45) is 0. The lowest BCUT2D eigenvalue weighted by molar-refractivity contribution is 0.612. The van der Waals surface area contributed by atoms with E-state index in [9.17, 15) is 0 Å². The minimum atomic E-state index is -0.0355. The van der Waals surface area contributed by atoms with Gasteiger partial charge in [0, 0.05) is 18.8 Å². The van der Waals surface area contributed by atoms with Gasteiger partial charge < -0.3 is 5.32 Å². The highest BCUT2D eigenvalue weighted by Crippen LogP contribution is 2.01. The van der Waals surface area contributed by atoms with E-state index in [0.29, 0.717) is 0 Å². The van der Waals surface area contributed by atoms with E-state index in [-0.39, 0.29) is 6.04 Å². The summed E-state index contributed by atoms with van der Waals surface area (Å²) in [6.45, 7) is 2.46. The Kier molecular flexibility index (Phi) is 5.44. The van der Waals surface area contributed by atoms with Crippen molar-refractivity contribution < 1.29 is 0 Å². The van der Waals surface area contributed by atoms with Crippen molar-refractivity contribution in [3.8, 4) is 17.9 Å². The number of hydrogen-bond donors (Lipinski definition) is 2. The van der Waals surface area contributed by atoms with Crippen LogP contribution in [0.25, 0.3) is 0 Å². The molecule has 1 rings (SSSR count). The van der Waals surface area contributed by atoms with Gasteiger partial charge in [-0.15, -0.1) is 11.8 Å². The third-order valence-electron chi connectivity index (χ3n) is 1.65. The second-order valence-electron chi connectivity index (χ2n) is 2.68. The van der Waals surface area contributed by atoms with E-state index in [2.05, 4.69) is 28.5 Å². The molecule has 1 unspecified atom stereocenters. The Hall–Kier alpha value is -0.680. The number of rotatable bonds is 0. The Morgan fingerprint density at radius 3 is 3.15 bits per heavy atom. The molecule has 1 aliphatic heterocycles. The first-order valence-electron chi connectivity index (χ1n) is 4.30. The van der Waals surface area contributed by atoms with E-state index in [1.54, 1.807) is 11.8 Å². The van der Waals surface area contributed by atoms with Gasteiger partial charge in [0.15, 0.2) is 0 Å². The number of hydrogen-bond acceptors (Lipinski definition) is 4. The van der Waals surface area contributed by atoms with Crippen LogP contribution in [0.4, 0.5) is 0 Å². The molecular formula is C9H13N3S. The van der Waals surface area contributed by atoms with Crippen LogP contribution in [0.5, 0.6) is 0 Å². The monoisotopic (exact) mass is 195 g/mol. The predicted molar refractivity (Wildman–Crippen MR) is 55.4 cm³/mol. The minimum Gasteiger partial charge on any atom is -0.305 e. The highest BCUT2D eigenvalue weighted by Gasteiger charge is 2.05. The smallest absolute Gasteiger partial charge is 0.104 e. The van der Waals surface area contributed by atoms with Gasteiger partial charge in [0.2, 0.25) is 0 Å². The molecule has 2 N–H and O–H groups in total. The Morgan fingerprint density at radius 2 is 2.31 bits per heavy atom. The molecule has 70 valence electrons. The molecule has 0 fully saturated rings. The maximum atomic E-state index is 8.76. The van der Waals surface area contributed by atoms with Crippen LogP contribution >= 0.6 is 11.8 Å². The van der Waals surface area contributed by atoms with Gasteiger partial charge in [-0.05, 0) is 0 Å². The Labute approximate surface area is 83.3 Å². The third kappa shape index (κ3) is 4.80. The van der Waals surface area contributed by atoms with Crippen LogP contribution in [0.3, 0.4) is 0 Å². The normalized spacial score (nSPS) is 24.7. The van der Waals surface area contributed by atoms with Crippen LogP contribution in [-0.2, 0) is 0 Å². The lowest BCUT2D eigenvalue weighted by Gasteiger charge is -2.09. The SMILES string of the molecule is N#CC1CSCC#CCNCCN1. The molecule has 0 radical (unpaired) electrons. The lowest BCUT2D eigenvalue weighted by atomic mass is 10.4. The van der Waals surface area contributed by atoms with Gasteiger partial charge in [-0.1, -0.05) is 11.8 Å². The molecule has 0 spiro atoms. The second-order valence-corrected chi connectivity index (χ2v) is 3.71. The van der Waals surface area contributed by atoms with Crippen molar-refractivity contribution in [1.29, 1.82) is 5.26 Å². The topological polar surface area (TPSA) is 47.9 Å². The summed E-state index contributed by atoms with van der Waals surface area (Å²) in [5, 5.41) is 15.1. The molecule has 0 aromatic heterocycles. The van der Waals surface area contributed by atoms with Crippen LogP contribution in [0.15, 0.2) is 0 Å². The first-order valence-corrected chi connectivity index (χ1v) is 5.46. The molecule has 1 atom stereocenters. The fourth-order valence-electron chi connectivity index (χ4n) is 0.969. The average Bonchev–Trinajstić information content (AvgIpc) is 2.22. The molecule has 0 saturated carbocycles. The second kappa shape index (κ2) is 6.80. The predicted octanol–water partition coefficient (Wildman–Crippen LogP) is -0.192. The standard InChI is InChI=1S/C9H13N3S/c10-7-9-8-13-6-2-1-3-11-4-5-12-9/h9,11-12H,3-6,8H2. The number of nitrogens with zero attached hydrogens (tertiary/aromatic N) is 1. The first kappa shape index (κ1) is 10.4. The van der Waals surface area contributed by atoms with Crippen molar-refractivity contribution in [2.45, 2.75) is 6.04 Å². The summed E-state index contributed by atoms with van der Waals surface area (Å²) >= 11 is 1.71. The fraction of sp³-hybridized carbons (Fsp3) is 0.667. The van der Waals surface area contributed by atoms with E-state index in [1.807, 2.05) is 0 Å². The summed E-state index contributed by atoms with van der Waals surface area (Å²) in [5.74, 6) is 7.71. The summed E-state index contributed by atoms with van der Waals surface area (Å²) in [5.41, 5.74) is 0. The maximum Gasteiger partial charge on any atom is 0.104 e. The molecule has 1 heterocycles. The summed E-state index contributed by atoms with van der Waals surface area (Å²) in [7, 11) is 0. The van der Waals surface area contributed by atoms with Gasteiger partial charge in [-0.3, -0.25) is 5.32 Å². The van der Waals surface area contributed by atoms with Crippen molar-refractivity contribution >= 4 is 11.8 Å². The van der Waals surface area contributed by atoms with Gasteiger partial charge >= 0.3 is 0 Å². The Morgan fingerprint density at radius 1 is 1.38 bits per heavy atom. The Balaban J connectivity index is 2.34. The van der Waals surface area contributed by atoms with Gasteiger partial charge in [0.05, 0.1) is 18.4 Å². The van der Waals surface area contributed by atoms with Crippen molar-refractivity contribution in [3.05, 3.63) is 0 Å². The molecule has 0 aromatic carbocycles. The van der Waals surface area contributed by atoms with E-state index >= 15 is 0 Å². The zero-order valence-electron chi connectivity index (χ0n) is 7.47. The van der Waals surface area contributed by atoms with Gasteiger partial charge in [-0.25, -0.2) is 0 Å². The van der Waals surface area contributed by atoms with Crippen molar-refractivity contribution in [3.63, 3.8) is 0 Å². The maximum absolute atomic E-state index is 8.76. The van der Waals surface area contributed by atoms with Crippen molar-refractivity contribution in [2.75, 3.05) is 31.1 Å². The highest BCUT2D eigenvalue weighted by molar-refractivity contribution is 7.99. The van der Waals surface area contributed by atoms with Crippen LogP contribution < -0.4 is 10.6 Å². The van der Waals surface area contributed by atoms with Gasteiger partial charge in [-0.2, -0.15) is 5.26 Å². The summed E-state index contributed by atoms with van der Waals surface area (Å²) in [4.78, 5) is 0. The van der Waals surface area contributed by atoms with Crippen LogP contribution in [0.2, 0.25) is 0 Å².